The highest BCUT2D eigenvalue weighted by molar-refractivity contribution is 7.92. The lowest BCUT2D eigenvalue weighted by atomic mass is 10.0. The second-order valence-electron chi connectivity index (χ2n) is 7.96. The lowest BCUT2D eigenvalue weighted by Gasteiger charge is -2.32. The Hall–Kier alpha value is -1.65. The molecule has 8 nitrogen and oxygen atoms in total. The molecule has 0 aromatic heterocycles. The fourth-order valence-electron chi connectivity index (χ4n) is 4.30. The fraction of sp³-hybridized carbons (Fsp3) is 0.650. The van der Waals surface area contributed by atoms with Crippen molar-refractivity contribution in [1.82, 2.24) is 4.31 Å². The maximum Gasteiger partial charge on any atom is 0.310 e. The number of ether oxygens (including phenoxy) is 1. The van der Waals surface area contributed by atoms with E-state index in [1.165, 1.54) is 8.61 Å². The van der Waals surface area contributed by atoms with E-state index in [1.807, 2.05) is 0 Å². The normalized spacial score (nSPS) is 22.6. The van der Waals surface area contributed by atoms with Gasteiger partial charge in [-0.3, -0.25) is 9.10 Å². The number of aryl methyl sites for hydroxylation is 2. The van der Waals surface area contributed by atoms with Crippen LogP contribution < -0.4 is 4.31 Å². The Labute approximate surface area is 179 Å². The first-order valence-corrected chi connectivity index (χ1v) is 13.4. The third kappa shape index (κ3) is 4.50. The second-order valence-corrected chi connectivity index (χ2v) is 11.8. The SMILES string of the molecule is CCOC(=O)C1CCCN(S(=O)(=O)c2c(C)cc(N3CCCCS3(=O)=O)cc2C)C1. The molecular weight excluding hydrogens is 428 g/mol. The van der Waals surface area contributed by atoms with Crippen LogP contribution in [-0.2, 0) is 29.6 Å². The van der Waals surface area contributed by atoms with E-state index in [4.69, 9.17) is 4.74 Å². The van der Waals surface area contributed by atoms with Crippen LogP contribution in [0, 0.1) is 19.8 Å². The Morgan fingerprint density at radius 1 is 1.13 bits per heavy atom. The summed E-state index contributed by atoms with van der Waals surface area (Å²) in [7, 11) is -7.20. The molecule has 0 N–H and O–H groups in total. The number of benzene rings is 1. The van der Waals surface area contributed by atoms with Gasteiger partial charge in [-0.05, 0) is 69.7 Å². The standard InChI is InChI=1S/C20H30N2O6S2/c1-4-28-20(23)17-8-7-9-21(14-17)30(26,27)19-15(2)12-18(13-16(19)3)22-10-5-6-11-29(22,24)25/h12-13,17H,4-11,14H2,1-3H3. The van der Waals surface area contributed by atoms with E-state index in [0.29, 0.717) is 49.2 Å². The molecule has 10 heteroatoms. The van der Waals surface area contributed by atoms with E-state index in [2.05, 4.69) is 0 Å². The van der Waals surface area contributed by atoms with Crippen LogP contribution in [0.4, 0.5) is 5.69 Å². The Kier molecular flexibility index (Phi) is 6.78. The van der Waals surface area contributed by atoms with Crippen LogP contribution in [0.25, 0.3) is 0 Å². The summed E-state index contributed by atoms with van der Waals surface area (Å²) in [6.45, 7) is 6.22. The summed E-state index contributed by atoms with van der Waals surface area (Å²) in [6.07, 6.45) is 2.61. The molecule has 0 aliphatic carbocycles. The number of sulfonamides is 2. The van der Waals surface area contributed by atoms with Crippen molar-refractivity contribution in [3.05, 3.63) is 23.3 Å². The van der Waals surface area contributed by atoms with Crippen LogP contribution in [0.3, 0.4) is 0 Å². The maximum atomic E-state index is 13.4. The lowest BCUT2D eigenvalue weighted by molar-refractivity contribution is -0.149. The third-order valence-electron chi connectivity index (χ3n) is 5.68. The minimum absolute atomic E-state index is 0.0995. The number of carbonyl (C=O) groups excluding carboxylic acids is 1. The second kappa shape index (κ2) is 8.84. The summed E-state index contributed by atoms with van der Waals surface area (Å²) < 4.78 is 59.5. The monoisotopic (exact) mass is 458 g/mol. The Balaban J connectivity index is 1.92. The molecule has 1 unspecified atom stereocenters. The summed E-state index contributed by atoms with van der Waals surface area (Å²) in [5, 5.41) is 0. The molecule has 0 spiro atoms. The van der Waals surface area contributed by atoms with E-state index in [0.717, 1.165) is 6.42 Å². The minimum atomic E-state index is -3.82. The first-order valence-electron chi connectivity index (χ1n) is 10.4. The van der Waals surface area contributed by atoms with E-state index in [9.17, 15) is 21.6 Å². The van der Waals surface area contributed by atoms with Crippen LogP contribution in [0.2, 0.25) is 0 Å². The molecule has 0 bridgehead atoms. The van der Waals surface area contributed by atoms with Gasteiger partial charge in [-0.1, -0.05) is 0 Å². The van der Waals surface area contributed by atoms with E-state index < -0.39 is 26.0 Å². The highest BCUT2D eigenvalue weighted by atomic mass is 32.2. The molecule has 1 atom stereocenters. The van der Waals surface area contributed by atoms with E-state index in [1.54, 1.807) is 32.9 Å². The van der Waals surface area contributed by atoms with Crippen molar-refractivity contribution in [3.63, 3.8) is 0 Å². The average molecular weight is 459 g/mol. The molecule has 2 fully saturated rings. The highest BCUT2D eigenvalue weighted by Gasteiger charge is 2.36. The zero-order valence-electron chi connectivity index (χ0n) is 17.8. The Morgan fingerprint density at radius 2 is 1.80 bits per heavy atom. The zero-order chi connectivity index (χ0) is 22.1. The number of piperidine rings is 1. The summed E-state index contributed by atoms with van der Waals surface area (Å²) in [6, 6.07) is 3.27. The minimum Gasteiger partial charge on any atom is -0.466 e. The van der Waals surface area contributed by atoms with Crippen molar-refractivity contribution in [2.45, 2.75) is 51.3 Å². The molecule has 2 aliphatic heterocycles. The Bertz CT molecular complexity index is 997. The quantitative estimate of drug-likeness (QED) is 0.627. The van der Waals surface area contributed by atoms with Gasteiger partial charge in [-0.2, -0.15) is 4.31 Å². The summed E-state index contributed by atoms with van der Waals surface area (Å²) >= 11 is 0. The molecule has 2 heterocycles. The number of carbonyl (C=O) groups is 1. The largest absolute Gasteiger partial charge is 0.466 e. The maximum absolute atomic E-state index is 13.4. The van der Waals surface area contributed by atoms with Crippen LogP contribution in [0.5, 0.6) is 0 Å². The van der Waals surface area contributed by atoms with Crippen molar-refractivity contribution in [3.8, 4) is 0 Å². The van der Waals surface area contributed by atoms with Gasteiger partial charge in [0.2, 0.25) is 20.0 Å². The summed E-state index contributed by atoms with van der Waals surface area (Å²) in [5.41, 5.74) is 1.51. The summed E-state index contributed by atoms with van der Waals surface area (Å²) in [5.74, 6) is -0.725. The van der Waals surface area contributed by atoms with Crippen LogP contribution in [0.1, 0.15) is 43.7 Å². The van der Waals surface area contributed by atoms with Crippen molar-refractivity contribution >= 4 is 31.7 Å². The van der Waals surface area contributed by atoms with Crippen molar-refractivity contribution in [2.24, 2.45) is 5.92 Å². The highest BCUT2D eigenvalue weighted by Crippen LogP contribution is 2.33. The molecule has 168 valence electrons. The topological polar surface area (TPSA) is 101 Å². The van der Waals surface area contributed by atoms with Gasteiger partial charge in [0.05, 0.1) is 28.9 Å². The van der Waals surface area contributed by atoms with Crippen LogP contribution >= 0.6 is 0 Å². The number of hydrogen-bond acceptors (Lipinski definition) is 6. The molecule has 3 rings (SSSR count). The third-order valence-corrected chi connectivity index (χ3v) is 9.73. The molecule has 30 heavy (non-hydrogen) atoms. The lowest BCUT2D eigenvalue weighted by Crippen LogP contribution is -2.43. The van der Waals surface area contributed by atoms with Crippen LogP contribution in [-0.4, -0.2) is 59.1 Å². The van der Waals surface area contributed by atoms with Gasteiger partial charge in [0.15, 0.2) is 0 Å². The molecule has 1 aromatic rings. The predicted octanol–water partition coefficient (Wildman–Crippen LogP) is 2.20. The van der Waals surface area contributed by atoms with Gasteiger partial charge in [-0.15, -0.1) is 0 Å². The molecule has 1 aromatic carbocycles. The smallest absolute Gasteiger partial charge is 0.310 e. The number of nitrogens with zero attached hydrogens (tertiary/aromatic N) is 2. The van der Waals surface area contributed by atoms with Gasteiger partial charge < -0.3 is 4.74 Å². The molecule has 2 aliphatic rings. The summed E-state index contributed by atoms with van der Waals surface area (Å²) in [4.78, 5) is 12.3. The molecule has 0 amide bonds. The van der Waals surface area contributed by atoms with Crippen LogP contribution in [0.15, 0.2) is 17.0 Å². The van der Waals surface area contributed by atoms with Gasteiger partial charge in [-0.25, -0.2) is 16.8 Å². The fourth-order valence-corrected chi connectivity index (χ4v) is 7.86. The number of esters is 1. The van der Waals surface area contributed by atoms with Gasteiger partial charge >= 0.3 is 5.97 Å². The van der Waals surface area contributed by atoms with E-state index in [-0.39, 0.29) is 29.8 Å². The van der Waals surface area contributed by atoms with Crippen molar-refractivity contribution in [2.75, 3.05) is 36.3 Å². The van der Waals surface area contributed by atoms with Gasteiger partial charge in [0.1, 0.15) is 0 Å². The first kappa shape index (κ1) is 23.0. The Morgan fingerprint density at radius 3 is 2.40 bits per heavy atom. The van der Waals surface area contributed by atoms with Crippen molar-refractivity contribution < 1.29 is 26.4 Å². The molecule has 2 saturated heterocycles. The van der Waals surface area contributed by atoms with Gasteiger partial charge in [0, 0.05) is 19.6 Å². The number of rotatable bonds is 5. The first-order chi connectivity index (χ1) is 14.1. The van der Waals surface area contributed by atoms with Gasteiger partial charge in [0.25, 0.3) is 0 Å². The zero-order valence-corrected chi connectivity index (χ0v) is 19.4. The van der Waals surface area contributed by atoms with Crippen molar-refractivity contribution in [1.29, 1.82) is 0 Å². The molecule has 0 saturated carbocycles. The number of anilines is 1. The number of hydrogen-bond donors (Lipinski definition) is 0. The van der Waals surface area contributed by atoms with E-state index >= 15 is 0 Å². The molecular formula is C20H30N2O6S2. The molecule has 0 radical (unpaired) electrons. The average Bonchev–Trinajstić information content (AvgIpc) is 2.67. The predicted molar refractivity (Wildman–Crippen MR) is 114 cm³/mol.